The van der Waals surface area contributed by atoms with Crippen LogP contribution in [0.5, 0.6) is 0 Å². The van der Waals surface area contributed by atoms with Crippen LogP contribution in [-0.4, -0.2) is 14.3 Å². The lowest BCUT2D eigenvalue weighted by Crippen LogP contribution is -2.51. The van der Waals surface area contributed by atoms with Gasteiger partial charge in [-0.3, -0.25) is 0 Å². The van der Waals surface area contributed by atoms with Crippen molar-refractivity contribution in [1.29, 1.82) is 0 Å². The van der Waals surface area contributed by atoms with Crippen LogP contribution in [0.25, 0.3) is 0 Å². The van der Waals surface area contributed by atoms with Crippen LogP contribution in [0.1, 0.15) is 34.6 Å². The van der Waals surface area contributed by atoms with E-state index in [2.05, 4.69) is 39.6 Å². The van der Waals surface area contributed by atoms with Gasteiger partial charge in [-0.15, -0.1) is 0 Å². The van der Waals surface area contributed by atoms with Crippen molar-refractivity contribution in [3.8, 4) is 0 Å². The van der Waals surface area contributed by atoms with Gasteiger partial charge in [-0.2, -0.15) is 0 Å². The molecule has 0 spiro atoms. The Morgan fingerprint density at radius 3 is 1.45 bits per heavy atom. The normalized spacial score (nSPS) is 12.5. The van der Waals surface area contributed by atoms with Gasteiger partial charge < -0.3 is 4.98 Å². The summed E-state index contributed by atoms with van der Waals surface area (Å²) in [6, 6.07) is 4.79. The van der Waals surface area contributed by atoms with Crippen LogP contribution < -0.4 is 4.98 Å². The van der Waals surface area contributed by atoms with Gasteiger partial charge in [-0.05, 0) is 24.2 Å². The summed E-state index contributed by atoms with van der Waals surface area (Å²) in [6.45, 7) is 11.5. The van der Waals surface area contributed by atoms with Gasteiger partial charge in [0.2, 0.25) is 0 Å². The maximum absolute atomic E-state index is 3.78. The van der Waals surface area contributed by atoms with E-state index in [4.69, 9.17) is 0 Å². The highest BCUT2D eigenvalue weighted by Gasteiger charge is 2.26. The minimum atomic E-state index is -1.03. The first kappa shape index (κ1) is 11.2. The van der Waals surface area contributed by atoms with Gasteiger partial charge in [0, 0.05) is 0 Å². The van der Waals surface area contributed by atoms with Gasteiger partial charge in [0.25, 0.3) is 0 Å². The lowest BCUT2D eigenvalue weighted by molar-refractivity contribution is 0.717. The monoisotopic (exact) mass is 173 g/mol. The minimum absolute atomic E-state index is 0.668. The molecule has 1 nitrogen and oxygen atoms in total. The van der Waals surface area contributed by atoms with E-state index in [0.29, 0.717) is 6.04 Å². The highest BCUT2D eigenvalue weighted by atomic mass is 28.3. The van der Waals surface area contributed by atoms with Crippen molar-refractivity contribution in [3.63, 3.8) is 0 Å². The number of nitrogens with one attached hydrogen (secondary N) is 1. The molecule has 0 saturated heterocycles. The Hall–Kier alpha value is 0.177. The summed E-state index contributed by atoms with van der Waals surface area (Å²) in [5.41, 5.74) is 0. The molecular formula is C9H23NSi. The molecule has 0 amide bonds. The van der Waals surface area contributed by atoms with Crippen LogP contribution in [0.15, 0.2) is 0 Å². The highest BCUT2D eigenvalue weighted by molar-refractivity contribution is 6.77. The molecule has 0 fully saturated rings. The lowest BCUT2D eigenvalue weighted by atomic mass is 10.4. The molecule has 0 aromatic heterocycles. The average Bonchev–Trinajstić information content (AvgIpc) is 2.00. The lowest BCUT2D eigenvalue weighted by Gasteiger charge is -2.31. The van der Waals surface area contributed by atoms with Crippen molar-refractivity contribution in [3.05, 3.63) is 0 Å². The number of rotatable bonds is 5. The van der Waals surface area contributed by atoms with Crippen LogP contribution in [0.3, 0.4) is 0 Å². The first-order chi connectivity index (χ1) is 5.10. The number of hydrogen-bond acceptors (Lipinski definition) is 1. The molecule has 1 N–H and O–H groups in total. The van der Waals surface area contributed by atoms with Gasteiger partial charge in [-0.1, -0.05) is 34.6 Å². The molecule has 0 rings (SSSR count). The summed E-state index contributed by atoms with van der Waals surface area (Å²) in [4.78, 5) is 3.78. The van der Waals surface area contributed by atoms with Gasteiger partial charge in [0.1, 0.15) is 8.24 Å². The molecule has 2 heteroatoms. The van der Waals surface area contributed by atoms with Crippen molar-refractivity contribution in [1.82, 2.24) is 4.98 Å². The Labute approximate surface area is 72.7 Å². The molecule has 0 aliphatic rings. The van der Waals surface area contributed by atoms with Crippen LogP contribution in [0, 0.1) is 0 Å². The fourth-order valence-corrected chi connectivity index (χ4v) is 5.01. The third-order valence-electron chi connectivity index (χ3n) is 2.63. The Balaban J connectivity index is 4.05. The van der Waals surface area contributed by atoms with Crippen LogP contribution in [0.4, 0.5) is 0 Å². The van der Waals surface area contributed by atoms with Gasteiger partial charge in [0.05, 0.1) is 0 Å². The van der Waals surface area contributed by atoms with E-state index < -0.39 is 8.24 Å². The molecule has 0 saturated carbocycles. The van der Waals surface area contributed by atoms with E-state index in [9.17, 15) is 0 Å². The molecule has 0 aromatic rings. The van der Waals surface area contributed by atoms with Crippen LogP contribution in [0.2, 0.25) is 18.1 Å². The number of hydrogen-bond donors (Lipinski definition) is 1. The van der Waals surface area contributed by atoms with Crippen LogP contribution >= 0.6 is 0 Å². The highest BCUT2D eigenvalue weighted by Crippen LogP contribution is 2.16. The second kappa shape index (κ2) is 4.94. The van der Waals surface area contributed by atoms with Gasteiger partial charge >= 0.3 is 0 Å². The molecule has 0 aromatic carbocycles. The van der Waals surface area contributed by atoms with Crippen molar-refractivity contribution >= 4 is 8.24 Å². The molecular weight excluding hydrogens is 150 g/mol. The Morgan fingerprint density at radius 2 is 1.36 bits per heavy atom. The smallest absolute Gasteiger partial charge is 0.125 e. The van der Waals surface area contributed by atoms with Crippen molar-refractivity contribution in [2.24, 2.45) is 0 Å². The molecule has 11 heavy (non-hydrogen) atoms. The third kappa shape index (κ3) is 3.39. The maximum atomic E-state index is 3.78. The zero-order chi connectivity index (χ0) is 8.91. The Morgan fingerprint density at radius 1 is 1.00 bits per heavy atom. The van der Waals surface area contributed by atoms with Gasteiger partial charge in [-0.25, -0.2) is 0 Å². The van der Waals surface area contributed by atoms with Crippen molar-refractivity contribution in [2.75, 3.05) is 0 Å². The summed E-state index contributed by atoms with van der Waals surface area (Å²) in [7, 11) is -1.03. The van der Waals surface area contributed by atoms with E-state index >= 15 is 0 Å². The second-order valence-corrected chi connectivity index (χ2v) is 8.61. The van der Waals surface area contributed by atoms with E-state index in [0.717, 1.165) is 0 Å². The van der Waals surface area contributed by atoms with E-state index in [1.165, 1.54) is 18.1 Å². The quantitative estimate of drug-likeness (QED) is 0.630. The molecule has 0 atom stereocenters. The molecule has 0 heterocycles. The summed E-state index contributed by atoms with van der Waals surface area (Å²) >= 11 is 0. The molecule has 0 bridgehead atoms. The molecule has 68 valence electrons. The zero-order valence-electron chi connectivity index (χ0n) is 8.70. The Kier molecular flexibility index (Phi) is 5.02. The Bertz CT molecular complexity index is 89.5. The summed E-state index contributed by atoms with van der Waals surface area (Å²) < 4.78 is 0. The largest absolute Gasteiger partial charge is 0.335 e. The average molecular weight is 173 g/mol. The summed E-state index contributed by atoms with van der Waals surface area (Å²) in [5.74, 6) is 0. The third-order valence-corrected chi connectivity index (χ3v) is 7.88. The fourth-order valence-electron chi connectivity index (χ4n) is 1.67. The standard InChI is InChI=1S/C9H23NSi/c1-6-11(7-2,8-3)10-9(4)5/h9-10H,6-8H2,1-5H3. The van der Waals surface area contributed by atoms with Crippen molar-refractivity contribution < 1.29 is 0 Å². The predicted molar refractivity (Wildman–Crippen MR) is 55.5 cm³/mol. The van der Waals surface area contributed by atoms with Crippen LogP contribution in [-0.2, 0) is 0 Å². The molecule has 0 radical (unpaired) electrons. The van der Waals surface area contributed by atoms with E-state index in [1.54, 1.807) is 0 Å². The zero-order valence-corrected chi connectivity index (χ0v) is 9.70. The van der Waals surface area contributed by atoms with Crippen molar-refractivity contribution in [2.45, 2.75) is 58.8 Å². The van der Waals surface area contributed by atoms with E-state index in [1.807, 2.05) is 0 Å². The fraction of sp³-hybridized carbons (Fsp3) is 1.00. The topological polar surface area (TPSA) is 12.0 Å². The molecule has 0 aliphatic carbocycles. The predicted octanol–water partition coefficient (Wildman–Crippen LogP) is 2.99. The maximum Gasteiger partial charge on any atom is 0.125 e. The summed E-state index contributed by atoms with van der Waals surface area (Å²) in [5, 5.41) is 0. The van der Waals surface area contributed by atoms with E-state index in [-0.39, 0.29) is 0 Å². The minimum Gasteiger partial charge on any atom is -0.335 e. The molecule has 0 aliphatic heterocycles. The van der Waals surface area contributed by atoms with Gasteiger partial charge in [0.15, 0.2) is 0 Å². The molecule has 0 unspecified atom stereocenters. The second-order valence-electron chi connectivity index (χ2n) is 3.64. The summed E-state index contributed by atoms with van der Waals surface area (Å²) in [6.07, 6.45) is 0. The first-order valence-electron chi connectivity index (χ1n) is 4.88. The SMILES string of the molecule is CC[Si](CC)(CC)NC(C)C. The first-order valence-corrected chi connectivity index (χ1v) is 7.50.